The summed E-state index contributed by atoms with van der Waals surface area (Å²) in [4.78, 5) is 22.0. The number of allylic oxidation sites excluding steroid dienone is 1. The molecule has 0 spiro atoms. The maximum Gasteiger partial charge on any atom is 0.252 e. The lowest BCUT2D eigenvalue weighted by Gasteiger charge is -2.44. The topological polar surface area (TPSA) is 65.8 Å². The Morgan fingerprint density at radius 1 is 1.23 bits per heavy atom. The van der Waals surface area contributed by atoms with Crippen molar-refractivity contribution < 1.29 is 4.79 Å². The highest BCUT2D eigenvalue weighted by Gasteiger charge is 2.35. The lowest BCUT2D eigenvalue weighted by Crippen LogP contribution is -2.56. The third-order valence-electron chi connectivity index (χ3n) is 6.14. The monoisotopic (exact) mass is 436 g/mol. The van der Waals surface area contributed by atoms with Crippen molar-refractivity contribution in [3.8, 4) is 0 Å². The second-order valence-corrected chi connectivity index (χ2v) is 10.7. The van der Waals surface area contributed by atoms with Gasteiger partial charge >= 0.3 is 0 Å². The Morgan fingerprint density at radius 3 is 2.81 bits per heavy atom. The minimum Gasteiger partial charge on any atom is -0.367 e. The zero-order chi connectivity index (χ0) is 21.9. The molecule has 8 heteroatoms. The van der Waals surface area contributed by atoms with Crippen molar-refractivity contribution in [2.45, 2.75) is 45.9 Å². The summed E-state index contributed by atoms with van der Waals surface area (Å²) in [5.41, 5.74) is 6.15. The maximum absolute atomic E-state index is 13.2. The molecular weight excluding hydrogens is 407 g/mol. The van der Waals surface area contributed by atoms with Crippen molar-refractivity contribution in [3.63, 3.8) is 0 Å². The third kappa shape index (κ3) is 3.70. The average molecular weight is 437 g/mol. The fourth-order valence-corrected chi connectivity index (χ4v) is 6.08. The summed E-state index contributed by atoms with van der Waals surface area (Å²) in [5, 5.41) is 9.32. The summed E-state index contributed by atoms with van der Waals surface area (Å²) in [5.74, 6) is 0.0964. The largest absolute Gasteiger partial charge is 0.367 e. The van der Waals surface area contributed by atoms with Crippen molar-refractivity contribution in [1.29, 1.82) is 0 Å². The summed E-state index contributed by atoms with van der Waals surface area (Å²) >= 11 is 0. The number of carbonyl (C=O) groups excluding carboxylic acids is 1. The number of piperazine rings is 1. The second-order valence-electron chi connectivity index (χ2n) is 9.35. The van der Waals surface area contributed by atoms with E-state index in [-0.39, 0.29) is 17.2 Å². The molecular formula is C23H29N6OP. The highest BCUT2D eigenvalue weighted by atomic mass is 31.1. The SMILES string of the molecule is CC1=CC(N2CCNC(C)(C)C2)=CN2C(=O)C=C(c3cc4c(C)nc(C)cn4n3)PC12. The van der Waals surface area contributed by atoms with Crippen LogP contribution in [0.2, 0.25) is 0 Å². The number of carbonyl (C=O) groups is 1. The fourth-order valence-electron chi connectivity index (χ4n) is 4.65. The van der Waals surface area contributed by atoms with Gasteiger partial charge in [0.05, 0.1) is 40.3 Å². The predicted molar refractivity (Wildman–Crippen MR) is 125 cm³/mol. The molecule has 0 aromatic carbocycles. The lowest BCUT2D eigenvalue weighted by molar-refractivity contribution is -0.124. The molecule has 7 nitrogen and oxygen atoms in total. The number of aryl methyl sites for hydroxylation is 2. The van der Waals surface area contributed by atoms with Gasteiger partial charge in [-0.05, 0) is 52.3 Å². The molecule has 5 rings (SSSR count). The van der Waals surface area contributed by atoms with E-state index >= 15 is 0 Å². The molecule has 0 radical (unpaired) electrons. The summed E-state index contributed by atoms with van der Waals surface area (Å²) in [6.07, 6.45) is 8.00. The van der Waals surface area contributed by atoms with Gasteiger partial charge in [-0.3, -0.25) is 9.78 Å². The molecule has 3 aliphatic rings. The highest BCUT2D eigenvalue weighted by molar-refractivity contribution is 7.51. The van der Waals surface area contributed by atoms with E-state index in [9.17, 15) is 4.79 Å². The van der Waals surface area contributed by atoms with E-state index in [1.807, 2.05) is 35.7 Å². The molecule has 3 aliphatic heterocycles. The van der Waals surface area contributed by atoms with Gasteiger partial charge in [-0.2, -0.15) is 5.10 Å². The number of nitrogens with one attached hydrogen (secondary N) is 1. The number of nitrogens with zero attached hydrogens (tertiary/aromatic N) is 5. The molecule has 1 fully saturated rings. The summed E-state index contributed by atoms with van der Waals surface area (Å²) in [6, 6.07) is 2.05. The fraction of sp³-hybridized carbons (Fsp3) is 0.435. The molecule has 0 bridgehead atoms. The lowest BCUT2D eigenvalue weighted by atomic mass is 10.0. The van der Waals surface area contributed by atoms with Crippen molar-refractivity contribution >= 4 is 25.3 Å². The van der Waals surface area contributed by atoms with Gasteiger partial charge in [-0.15, -0.1) is 0 Å². The van der Waals surface area contributed by atoms with Gasteiger partial charge in [0, 0.05) is 42.8 Å². The molecule has 2 unspecified atom stereocenters. The highest BCUT2D eigenvalue weighted by Crippen LogP contribution is 2.47. The van der Waals surface area contributed by atoms with Crippen LogP contribution >= 0.6 is 8.58 Å². The second kappa shape index (κ2) is 7.28. The van der Waals surface area contributed by atoms with E-state index in [4.69, 9.17) is 5.10 Å². The zero-order valence-corrected chi connectivity index (χ0v) is 19.7. The van der Waals surface area contributed by atoms with Crippen LogP contribution in [0.25, 0.3) is 10.8 Å². The van der Waals surface area contributed by atoms with Crippen LogP contribution in [-0.2, 0) is 4.79 Å². The van der Waals surface area contributed by atoms with Crippen LogP contribution in [0.3, 0.4) is 0 Å². The molecule has 162 valence electrons. The number of hydrogen-bond donors (Lipinski definition) is 1. The quantitative estimate of drug-likeness (QED) is 0.734. The van der Waals surface area contributed by atoms with Crippen molar-refractivity contribution in [1.82, 2.24) is 29.7 Å². The Balaban J connectivity index is 1.46. The average Bonchev–Trinajstić information content (AvgIpc) is 3.12. The summed E-state index contributed by atoms with van der Waals surface area (Å²) < 4.78 is 1.88. The van der Waals surface area contributed by atoms with Crippen LogP contribution in [0.4, 0.5) is 0 Å². The molecule has 2 aromatic heterocycles. The van der Waals surface area contributed by atoms with E-state index in [1.54, 1.807) is 6.08 Å². The van der Waals surface area contributed by atoms with Gasteiger partial charge in [-0.25, -0.2) is 4.52 Å². The Hall–Kier alpha value is -2.50. The van der Waals surface area contributed by atoms with Gasteiger partial charge in [-0.1, -0.05) is 8.58 Å². The van der Waals surface area contributed by atoms with Gasteiger partial charge in [0.2, 0.25) is 0 Å². The summed E-state index contributed by atoms with van der Waals surface area (Å²) in [7, 11) is 0.459. The minimum atomic E-state index is 0.0289. The van der Waals surface area contributed by atoms with Gasteiger partial charge in [0.1, 0.15) is 0 Å². The molecule has 1 N–H and O–H groups in total. The number of hydrogen-bond acceptors (Lipinski definition) is 5. The summed E-state index contributed by atoms with van der Waals surface area (Å²) in [6.45, 7) is 13.4. The van der Waals surface area contributed by atoms with E-state index in [0.29, 0.717) is 8.58 Å². The van der Waals surface area contributed by atoms with Gasteiger partial charge in [0.15, 0.2) is 0 Å². The van der Waals surface area contributed by atoms with Gasteiger partial charge < -0.3 is 15.1 Å². The molecule has 5 heterocycles. The molecule has 2 aromatic rings. The maximum atomic E-state index is 13.2. The first-order valence-corrected chi connectivity index (χ1v) is 11.8. The van der Waals surface area contributed by atoms with E-state index < -0.39 is 0 Å². The van der Waals surface area contributed by atoms with Crippen LogP contribution in [0.5, 0.6) is 0 Å². The third-order valence-corrected chi connectivity index (χ3v) is 7.86. The van der Waals surface area contributed by atoms with Crippen LogP contribution in [0, 0.1) is 13.8 Å². The zero-order valence-electron chi connectivity index (χ0n) is 18.7. The molecule has 1 amide bonds. The minimum absolute atomic E-state index is 0.0289. The first-order chi connectivity index (χ1) is 14.7. The van der Waals surface area contributed by atoms with E-state index in [0.717, 1.165) is 53.2 Å². The Kier molecular flexibility index (Phi) is 4.79. The van der Waals surface area contributed by atoms with Crippen LogP contribution in [0.1, 0.15) is 37.9 Å². The standard InChI is InChI=1S/C23H29N6OP/c1-14-8-17(27-7-6-24-23(4,5)13-27)12-28-21(30)10-20(31-22(14)28)18-9-19-16(3)25-15(2)11-29(19)26-18/h8-12,22,24,31H,6-7,13H2,1-5H3. The predicted octanol–water partition coefficient (Wildman–Crippen LogP) is 3.02. The number of amides is 1. The molecule has 0 aliphatic carbocycles. The first kappa shape index (κ1) is 20.4. The smallest absolute Gasteiger partial charge is 0.252 e. The van der Waals surface area contributed by atoms with Crippen LogP contribution in [0.15, 0.2) is 41.9 Å². The normalized spacial score (nSPS) is 24.2. The molecule has 2 atom stereocenters. The van der Waals surface area contributed by atoms with Crippen molar-refractivity contribution in [2.24, 2.45) is 0 Å². The van der Waals surface area contributed by atoms with Crippen molar-refractivity contribution in [3.05, 3.63) is 59.0 Å². The van der Waals surface area contributed by atoms with E-state index in [2.05, 4.69) is 48.1 Å². The van der Waals surface area contributed by atoms with E-state index in [1.165, 1.54) is 5.57 Å². The Bertz CT molecular complexity index is 1170. The Morgan fingerprint density at radius 2 is 2.03 bits per heavy atom. The Labute approximate surface area is 184 Å². The molecule has 1 saturated heterocycles. The molecule has 31 heavy (non-hydrogen) atoms. The first-order valence-electron chi connectivity index (χ1n) is 10.7. The van der Waals surface area contributed by atoms with Crippen LogP contribution < -0.4 is 5.32 Å². The van der Waals surface area contributed by atoms with Crippen molar-refractivity contribution in [2.75, 3.05) is 19.6 Å². The molecule has 0 saturated carbocycles. The number of fused-ring (bicyclic) bond motifs is 2. The number of rotatable bonds is 2. The van der Waals surface area contributed by atoms with Gasteiger partial charge in [0.25, 0.3) is 5.91 Å². The van der Waals surface area contributed by atoms with Crippen LogP contribution in [-0.4, -0.2) is 61.3 Å². The number of aromatic nitrogens is 3.